The van der Waals surface area contributed by atoms with Gasteiger partial charge in [-0.05, 0) is 29.0 Å². The normalized spacial score (nSPS) is 10.9. The molecule has 3 rings (SSSR count). The minimum absolute atomic E-state index is 0.266. The molecule has 5 heteroatoms. The van der Waals surface area contributed by atoms with E-state index >= 15 is 0 Å². The average molecular weight is 280 g/mol. The van der Waals surface area contributed by atoms with Crippen molar-refractivity contribution in [1.82, 2.24) is 0 Å². The maximum absolute atomic E-state index is 11.6. The number of ether oxygens (including phenoxy) is 1. The van der Waals surface area contributed by atoms with Gasteiger partial charge >= 0.3 is 5.97 Å². The third-order valence-electron chi connectivity index (χ3n) is 2.43. The molecule has 0 amide bonds. The number of thiophene rings is 3. The van der Waals surface area contributed by atoms with Gasteiger partial charge in [0.1, 0.15) is 0 Å². The molecule has 0 atom stereocenters. The number of hydrogen-bond donors (Lipinski definition) is 0. The summed E-state index contributed by atoms with van der Waals surface area (Å²) in [5.41, 5.74) is 0.659. The van der Waals surface area contributed by atoms with E-state index in [1.54, 1.807) is 34.0 Å². The van der Waals surface area contributed by atoms with E-state index < -0.39 is 0 Å². The minimum atomic E-state index is -0.266. The van der Waals surface area contributed by atoms with Gasteiger partial charge in [0.25, 0.3) is 0 Å². The molecule has 0 saturated heterocycles. The molecule has 86 valence electrons. The molecule has 0 unspecified atom stereocenters. The molecule has 0 radical (unpaired) electrons. The van der Waals surface area contributed by atoms with Crippen LogP contribution in [0, 0.1) is 0 Å². The van der Waals surface area contributed by atoms with Gasteiger partial charge in [-0.2, -0.15) is 0 Å². The van der Waals surface area contributed by atoms with E-state index in [1.165, 1.54) is 16.5 Å². The van der Waals surface area contributed by atoms with Gasteiger partial charge in [0.15, 0.2) is 0 Å². The van der Waals surface area contributed by atoms with Crippen LogP contribution in [0.2, 0.25) is 0 Å². The predicted molar refractivity (Wildman–Crippen MR) is 74.4 cm³/mol. The van der Waals surface area contributed by atoms with Gasteiger partial charge in [-0.25, -0.2) is 4.79 Å². The standard InChI is InChI=1S/C12H8O2S3/c1-14-12(13)7-2-4-16-11(7)10-6-9-8(17-10)3-5-15-9/h2-6H,1H3. The predicted octanol–water partition coefficient (Wildman–Crippen LogP) is 4.48. The molecule has 0 aliphatic carbocycles. The highest BCUT2D eigenvalue weighted by atomic mass is 32.1. The first-order valence-corrected chi connectivity index (χ1v) is 7.50. The SMILES string of the molecule is COC(=O)c1ccsc1-c1cc2sccc2s1. The third-order valence-corrected chi connectivity index (χ3v) is 5.62. The molecule has 17 heavy (non-hydrogen) atoms. The first kappa shape index (κ1) is 11.0. The Morgan fingerprint density at radius 2 is 2.00 bits per heavy atom. The highest BCUT2D eigenvalue weighted by Crippen LogP contribution is 2.40. The van der Waals surface area contributed by atoms with Gasteiger partial charge in [0.05, 0.1) is 17.6 Å². The van der Waals surface area contributed by atoms with Crippen LogP contribution >= 0.6 is 34.0 Å². The Hall–Kier alpha value is -1.17. The smallest absolute Gasteiger partial charge is 0.339 e. The highest BCUT2D eigenvalue weighted by molar-refractivity contribution is 7.30. The summed E-state index contributed by atoms with van der Waals surface area (Å²) < 4.78 is 7.33. The summed E-state index contributed by atoms with van der Waals surface area (Å²) in [4.78, 5) is 13.8. The lowest BCUT2D eigenvalue weighted by molar-refractivity contribution is 0.0602. The Kier molecular flexibility index (Phi) is 2.74. The van der Waals surface area contributed by atoms with Crippen LogP contribution in [0.15, 0.2) is 29.0 Å². The van der Waals surface area contributed by atoms with Crippen LogP contribution in [0.25, 0.3) is 19.2 Å². The maximum Gasteiger partial charge on any atom is 0.339 e. The zero-order valence-electron chi connectivity index (χ0n) is 8.93. The lowest BCUT2D eigenvalue weighted by atomic mass is 10.2. The molecule has 0 saturated carbocycles. The lowest BCUT2D eigenvalue weighted by Gasteiger charge is -1.98. The first-order valence-electron chi connectivity index (χ1n) is 4.93. The Balaban J connectivity index is 2.12. The second-order valence-corrected chi connectivity index (χ2v) is 6.36. The molecule has 0 aliphatic rings. The molecule has 0 bridgehead atoms. The van der Waals surface area contributed by atoms with E-state index in [2.05, 4.69) is 17.5 Å². The van der Waals surface area contributed by atoms with Crippen LogP contribution in [0.5, 0.6) is 0 Å². The van der Waals surface area contributed by atoms with Crippen LogP contribution in [-0.4, -0.2) is 13.1 Å². The van der Waals surface area contributed by atoms with Crippen molar-refractivity contribution in [1.29, 1.82) is 0 Å². The highest BCUT2D eigenvalue weighted by Gasteiger charge is 2.16. The molecule has 0 N–H and O–H groups in total. The van der Waals surface area contributed by atoms with Gasteiger partial charge in [-0.3, -0.25) is 0 Å². The molecule has 0 aliphatic heterocycles. The van der Waals surface area contributed by atoms with Gasteiger partial charge in [-0.15, -0.1) is 34.0 Å². The molecule has 3 aromatic heterocycles. The summed E-state index contributed by atoms with van der Waals surface area (Å²) in [6.07, 6.45) is 0. The molecular formula is C12H8O2S3. The second-order valence-electron chi connectivity index (χ2n) is 3.41. The summed E-state index contributed by atoms with van der Waals surface area (Å²) in [5.74, 6) is -0.266. The molecule has 0 spiro atoms. The van der Waals surface area contributed by atoms with Crippen molar-refractivity contribution in [2.45, 2.75) is 0 Å². The van der Waals surface area contributed by atoms with Gasteiger partial charge in [0, 0.05) is 14.3 Å². The summed E-state index contributed by atoms with van der Waals surface area (Å²) in [6, 6.07) is 6.07. The van der Waals surface area contributed by atoms with Crippen molar-refractivity contribution in [2.75, 3.05) is 7.11 Å². The number of rotatable bonds is 2. The second kappa shape index (κ2) is 4.25. The van der Waals surface area contributed by atoms with Crippen LogP contribution in [0.4, 0.5) is 0 Å². The number of carbonyl (C=O) groups excluding carboxylic acids is 1. The Morgan fingerprint density at radius 3 is 2.76 bits per heavy atom. The number of fused-ring (bicyclic) bond motifs is 1. The Bertz CT molecular complexity index is 646. The zero-order valence-corrected chi connectivity index (χ0v) is 11.4. The quantitative estimate of drug-likeness (QED) is 0.647. The maximum atomic E-state index is 11.6. The fraction of sp³-hybridized carbons (Fsp3) is 0.0833. The van der Waals surface area contributed by atoms with Crippen LogP contribution in [0.3, 0.4) is 0 Å². The summed E-state index contributed by atoms with van der Waals surface area (Å²) in [5, 5.41) is 4.01. The number of carbonyl (C=O) groups is 1. The number of esters is 1. The van der Waals surface area contributed by atoms with E-state index in [0.717, 1.165) is 9.75 Å². The fourth-order valence-corrected chi connectivity index (χ4v) is 4.77. The molecule has 3 heterocycles. The molecule has 0 aromatic carbocycles. The zero-order chi connectivity index (χ0) is 11.8. The molecular weight excluding hydrogens is 272 g/mol. The van der Waals surface area contributed by atoms with Crippen molar-refractivity contribution in [3.63, 3.8) is 0 Å². The van der Waals surface area contributed by atoms with Crippen LogP contribution < -0.4 is 0 Å². The van der Waals surface area contributed by atoms with Gasteiger partial charge < -0.3 is 4.74 Å². The molecule has 0 fully saturated rings. The van der Waals surface area contributed by atoms with Crippen LogP contribution in [-0.2, 0) is 4.74 Å². The van der Waals surface area contributed by atoms with Gasteiger partial charge in [0.2, 0.25) is 0 Å². The van der Waals surface area contributed by atoms with E-state index in [0.29, 0.717) is 5.56 Å². The summed E-state index contributed by atoms with van der Waals surface area (Å²) in [6.45, 7) is 0. The van der Waals surface area contributed by atoms with E-state index in [1.807, 2.05) is 11.4 Å². The van der Waals surface area contributed by atoms with Crippen molar-refractivity contribution in [2.24, 2.45) is 0 Å². The van der Waals surface area contributed by atoms with E-state index in [-0.39, 0.29) is 5.97 Å². The van der Waals surface area contributed by atoms with E-state index in [9.17, 15) is 4.79 Å². The van der Waals surface area contributed by atoms with Crippen molar-refractivity contribution in [3.05, 3.63) is 34.5 Å². The molecule has 2 nitrogen and oxygen atoms in total. The fourth-order valence-electron chi connectivity index (χ4n) is 1.65. The summed E-state index contributed by atoms with van der Waals surface area (Å²) in [7, 11) is 1.41. The largest absolute Gasteiger partial charge is 0.465 e. The first-order chi connectivity index (χ1) is 8.29. The molecule has 3 aromatic rings. The van der Waals surface area contributed by atoms with Crippen molar-refractivity contribution >= 4 is 49.4 Å². The third kappa shape index (κ3) is 1.80. The number of methoxy groups -OCH3 is 1. The lowest BCUT2D eigenvalue weighted by Crippen LogP contribution is -2.00. The number of hydrogen-bond acceptors (Lipinski definition) is 5. The Morgan fingerprint density at radius 1 is 1.18 bits per heavy atom. The minimum Gasteiger partial charge on any atom is -0.465 e. The van der Waals surface area contributed by atoms with Crippen molar-refractivity contribution in [3.8, 4) is 9.75 Å². The monoisotopic (exact) mass is 280 g/mol. The van der Waals surface area contributed by atoms with E-state index in [4.69, 9.17) is 4.74 Å². The Labute approximate surface area is 110 Å². The summed E-state index contributed by atoms with van der Waals surface area (Å²) >= 11 is 5.02. The average Bonchev–Trinajstić information content (AvgIpc) is 3.00. The topological polar surface area (TPSA) is 26.3 Å². The van der Waals surface area contributed by atoms with Crippen molar-refractivity contribution < 1.29 is 9.53 Å². The van der Waals surface area contributed by atoms with Crippen LogP contribution in [0.1, 0.15) is 10.4 Å². The van der Waals surface area contributed by atoms with Gasteiger partial charge in [-0.1, -0.05) is 0 Å².